The van der Waals surface area contributed by atoms with E-state index in [4.69, 9.17) is 9.84 Å². The number of esters is 1. The Morgan fingerprint density at radius 1 is 1.06 bits per heavy atom. The molecule has 0 saturated heterocycles. The van der Waals surface area contributed by atoms with E-state index >= 15 is 0 Å². The molecule has 0 rings (SSSR count). The van der Waals surface area contributed by atoms with Crippen molar-refractivity contribution in [2.75, 3.05) is 46.4 Å². The first-order valence-electron chi connectivity index (χ1n) is 5.88. The third-order valence-corrected chi connectivity index (χ3v) is 6.21. The number of carbonyl (C=O) groups excluding carboxylic acids is 1. The van der Waals surface area contributed by atoms with Gasteiger partial charge in [0, 0.05) is 27.4 Å². The number of hydrogen-bond acceptors (Lipinski definition) is 7. The van der Waals surface area contributed by atoms with E-state index in [1.807, 2.05) is 23.5 Å². The van der Waals surface area contributed by atoms with E-state index in [9.17, 15) is 4.79 Å². The second-order valence-corrected chi connectivity index (χ2v) is 8.47. The summed E-state index contributed by atoms with van der Waals surface area (Å²) in [4.78, 5) is 11.3. The fourth-order valence-corrected chi connectivity index (χ4v) is 4.71. The molecule has 0 aliphatic rings. The van der Waals surface area contributed by atoms with Crippen LogP contribution in [0.2, 0.25) is 0 Å². The van der Waals surface area contributed by atoms with E-state index in [2.05, 4.69) is 6.92 Å². The van der Waals surface area contributed by atoms with Crippen molar-refractivity contribution in [1.29, 1.82) is 0 Å². The van der Waals surface area contributed by atoms with Crippen LogP contribution in [-0.2, 0) is 9.53 Å². The lowest BCUT2D eigenvalue weighted by Gasteiger charge is -2.04. The van der Waals surface area contributed by atoms with Gasteiger partial charge < -0.3 is 9.84 Å². The lowest BCUT2D eigenvalue weighted by Crippen LogP contribution is -2.08. The molecule has 0 aliphatic heterocycles. The van der Waals surface area contributed by atoms with Gasteiger partial charge in [-0.2, -0.15) is 35.3 Å². The molecular formula is C11H22O3S4. The Morgan fingerprint density at radius 2 is 1.83 bits per heavy atom. The van der Waals surface area contributed by atoms with E-state index < -0.39 is 0 Å². The Balaban J connectivity index is 3.12. The van der Waals surface area contributed by atoms with Gasteiger partial charge in [-0.05, 0) is 5.75 Å². The van der Waals surface area contributed by atoms with Gasteiger partial charge in [0.05, 0.1) is 13.0 Å². The molecular weight excluding hydrogens is 308 g/mol. The molecule has 0 aromatic heterocycles. The van der Waals surface area contributed by atoms with Gasteiger partial charge in [0.1, 0.15) is 6.61 Å². The van der Waals surface area contributed by atoms with Gasteiger partial charge >= 0.3 is 5.97 Å². The Bertz CT molecular complexity index is 193. The molecule has 0 atom stereocenters. The van der Waals surface area contributed by atoms with Gasteiger partial charge in [-0.25, -0.2) is 0 Å². The highest BCUT2D eigenvalue weighted by atomic mass is 32.2. The van der Waals surface area contributed by atoms with Crippen molar-refractivity contribution in [3.8, 4) is 0 Å². The molecule has 0 aromatic carbocycles. The molecule has 7 heteroatoms. The maximum atomic E-state index is 11.3. The molecule has 3 nitrogen and oxygen atoms in total. The van der Waals surface area contributed by atoms with E-state index in [0.29, 0.717) is 18.8 Å². The van der Waals surface area contributed by atoms with Gasteiger partial charge in [0.25, 0.3) is 0 Å². The molecule has 0 fully saturated rings. The van der Waals surface area contributed by atoms with Crippen molar-refractivity contribution >= 4 is 53.0 Å². The molecule has 0 saturated carbocycles. The van der Waals surface area contributed by atoms with Gasteiger partial charge in [-0.1, -0.05) is 6.92 Å². The number of hydrogen-bond donors (Lipinski definition) is 1. The van der Waals surface area contributed by atoms with Crippen molar-refractivity contribution in [2.24, 2.45) is 0 Å². The van der Waals surface area contributed by atoms with Crippen LogP contribution in [0.5, 0.6) is 0 Å². The third kappa shape index (κ3) is 14.9. The summed E-state index contributed by atoms with van der Waals surface area (Å²) in [6, 6.07) is 0. The molecule has 1 N–H and O–H groups in total. The molecule has 0 amide bonds. The SMILES string of the molecule is CCSCSCSCCC(=O)OCCSCCO. The predicted molar refractivity (Wildman–Crippen MR) is 87.9 cm³/mol. The Labute approximate surface area is 127 Å². The first-order chi connectivity index (χ1) is 8.81. The molecule has 18 heavy (non-hydrogen) atoms. The zero-order valence-corrected chi connectivity index (χ0v) is 14.0. The maximum Gasteiger partial charge on any atom is 0.306 e. The van der Waals surface area contributed by atoms with Gasteiger partial charge in [-0.15, -0.1) is 11.8 Å². The molecule has 0 aromatic rings. The minimum absolute atomic E-state index is 0.111. The fourth-order valence-electron chi connectivity index (χ4n) is 0.903. The summed E-state index contributed by atoms with van der Waals surface area (Å²) in [5.41, 5.74) is 0. The average molecular weight is 331 g/mol. The predicted octanol–water partition coefficient (Wildman–Crippen LogP) is 2.78. The van der Waals surface area contributed by atoms with Gasteiger partial charge in [0.15, 0.2) is 0 Å². The average Bonchev–Trinajstić information content (AvgIpc) is 2.37. The zero-order chi connectivity index (χ0) is 13.5. The third-order valence-electron chi connectivity index (χ3n) is 1.71. The number of rotatable bonds is 13. The number of aliphatic hydroxyl groups excluding tert-OH is 1. The first kappa shape index (κ1) is 18.8. The van der Waals surface area contributed by atoms with Crippen molar-refractivity contribution in [3.63, 3.8) is 0 Å². The van der Waals surface area contributed by atoms with Crippen molar-refractivity contribution in [2.45, 2.75) is 13.3 Å². The van der Waals surface area contributed by atoms with Crippen LogP contribution < -0.4 is 0 Å². The quantitative estimate of drug-likeness (QED) is 0.316. The summed E-state index contributed by atoms with van der Waals surface area (Å²) in [5, 5.41) is 10.7. The number of aliphatic hydroxyl groups is 1. The highest BCUT2D eigenvalue weighted by Gasteiger charge is 2.02. The number of carbonyl (C=O) groups is 1. The van der Waals surface area contributed by atoms with E-state index in [1.54, 1.807) is 23.5 Å². The van der Waals surface area contributed by atoms with Crippen LogP contribution in [0.25, 0.3) is 0 Å². The van der Waals surface area contributed by atoms with Crippen LogP contribution >= 0.6 is 47.0 Å². The molecule has 0 bridgehead atoms. The van der Waals surface area contributed by atoms with Crippen molar-refractivity contribution in [3.05, 3.63) is 0 Å². The normalized spacial score (nSPS) is 10.6. The largest absolute Gasteiger partial charge is 0.465 e. The minimum Gasteiger partial charge on any atom is -0.465 e. The van der Waals surface area contributed by atoms with E-state index in [1.165, 1.54) is 0 Å². The Morgan fingerprint density at radius 3 is 2.56 bits per heavy atom. The zero-order valence-electron chi connectivity index (χ0n) is 10.8. The summed E-state index contributed by atoms with van der Waals surface area (Å²) >= 11 is 7.22. The van der Waals surface area contributed by atoms with Crippen LogP contribution in [-0.4, -0.2) is 57.5 Å². The van der Waals surface area contributed by atoms with Gasteiger partial charge in [-0.3, -0.25) is 4.79 Å². The maximum absolute atomic E-state index is 11.3. The monoisotopic (exact) mass is 330 g/mol. The smallest absolute Gasteiger partial charge is 0.306 e. The van der Waals surface area contributed by atoms with Crippen molar-refractivity contribution < 1.29 is 14.6 Å². The highest BCUT2D eigenvalue weighted by molar-refractivity contribution is 8.22. The number of thioether (sulfide) groups is 4. The molecule has 0 unspecified atom stereocenters. The van der Waals surface area contributed by atoms with Crippen LogP contribution in [0, 0.1) is 0 Å². The Kier molecular flexibility index (Phi) is 16.6. The highest BCUT2D eigenvalue weighted by Crippen LogP contribution is 2.17. The summed E-state index contributed by atoms with van der Waals surface area (Å²) in [6.45, 7) is 2.80. The molecule has 108 valence electrons. The fraction of sp³-hybridized carbons (Fsp3) is 0.909. The lowest BCUT2D eigenvalue weighted by molar-refractivity contribution is -0.142. The van der Waals surface area contributed by atoms with E-state index in [-0.39, 0.29) is 12.6 Å². The van der Waals surface area contributed by atoms with E-state index in [0.717, 1.165) is 27.4 Å². The second-order valence-electron chi connectivity index (χ2n) is 3.15. The minimum atomic E-state index is -0.111. The first-order valence-corrected chi connectivity index (χ1v) is 10.5. The van der Waals surface area contributed by atoms with Crippen LogP contribution in [0.15, 0.2) is 0 Å². The van der Waals surface area contributed by atoms with Crippen LogP contribution in [0.4, 0.5) is 0 Å². The lowest BCUT2D eigenvalue weighted by atomic mass is 10.5. The van der Waals surface area contributed by atoms with Crippen LogP contribution in [0.1, 0.15) is 13.3 Å². The van der Waals surface area contributed by atoms with Gasteiger partial charge in [0.2, 0.25) is 0 Å². The number of ether oxygens (including phenoxy) is 1. The molecule has 0 heterocycles. The van der Waals surface area contributed by atoms with Crippen LogP contribution in [0.3, 0.4) is 0 Å². The summed E-state index contributed by atoms with van der Waals surface area (Å²) < 4.78 is 5.07. The topological polar surface area (TPSA) is 46.5 Å². The standard InChI is InChI=1S/C11H22O3S4/c1-2-15-9-18-10-17-6-3-11(13)14-5-8-16-7-4-12/h12H,2-10H2,1H3. The molecule has 0 aliphatic carbocycles. The summed E-state index contributed by atoms with van der Waals surface area (Å²) in [5.74, 6) is 3.37. The molecule has 0 spiro atoms. The second kappa shape index (κ2) is 15.9. The van der Waals surface area contributed by atoms with Crippen molar-refractivity contribution in [1.82, 2.24) is 0 Å². The Hall–Kier alpha value is 0.830. The molecule has 0 radical (unpaired) electrons. The summed E-state index contributed by atoms with van der Waals surface area (Å²) in [7, 11) is 0. The summed E-state index contributed by atoms with van der Waals surface area (Å²) in [6.07, 6.45) is 0.497.